The molecule has 0 saturated heterocycles. The van der Waals surface area contributed by atoms with Crippen molar-refractivity contribution in [2.75, 3.05) is 26.9 Å². The molecular weight excluding hydrogens is 668 g/mol. The number of hydrogen-bond donors (Lipinski definition) is 0. The molecule has 4 atom stereocenters. The Balaban J connectivity index is 1.40. The largest absolute Gasteiger partial charge is 0.497 e. The highest BCUT2D eigenvalue weighted by molar-refractivity contribution is 5.94. The molecule has 0 N–H and O–H groups in total. The number of rotatable bonds is 13. The van der Waals surface area contributed by atoms with E-state index >= 15 is 0 Å². The second-order valence-electron chi connectivity index (χ2n) is 12.7. The maximum absolute atomic E-state index is 13.8. The van der Waals surface area contributed by atoms with Crippen molar-refractivity contribution in [3.8, 4) is 5.75 Å². The number of esters is 1. The lowest BCUT2D eigenvalue weighted by atomic mass is 10.0. The molecule has 1 aliphatic rings. The quantitative estimate of drug-likeness (QED) is 0.113. The van der Waals surface area contributed by atoms with E-state index in [9.17, 15) is 4.79 Å². The minimum absolute atomic E-state index is 0.113. The number of cyclic esters (lactones) is 1. The molecule has 6 rings (SSSR count). The van der Waals surface area contributed by atoms with Crippen LogP contribution in [-0.4, -0.2) is 57.3 Å². The van der Waals surface area contributed by atoms with Crippen molar-refractivity contribution in [1.82, 2.24) is 0 Å². The SMILES string of the molecule is COc1ccc2c(c1)/C=C/COC[C@@H](OCc1ccccc1)[C@@H](OCc1ccccc1)[C@H](OCc1ccccc1)[C@H](OCc1ccccc1)COC2=O. The number of methoxy groups -OCH3 is 1. The number of ether oxygens (including phenoxy) is 7. The molecular formula is C45H46O8. The molecule has 5 aromatic carbocycles. The predicted molar refractivity (Wildman–Crippen MR) is 203 cm³/mol. The van der Waals surface area contributed by atoms with Gasteiger partial charge in [-0.15, -0.1) is 0 Å². The Kier molecular flexibility index (Phi) is 14.4. The van der Waals surface area contributed by atoms with E-state index in [0.29, 0.717) is 23.5 Å². The third kappa shape index (κ3) is 11.4. The zero-order valence-electron chi connectivity index (χ0n) is 30.0. The molecule has 53 heavy (non-hydrogen) atoms. The van der Waals surface area contributed by atoms with Gasteiger partial charge in [-0.05, 0) is 46.0 Å². The van der Waals surface area contributed by atoms with Crippen LogP contribution in [-0.2, 0) is 54.8 Å². The normalized spacial score (nSPS) is 20.1. The summed E-state index contributed by atoms with van der Waals surface area (Å²) in [4.78, 5) is 13.8. The van der Waals surface area contributed by atoms with Gasteiger partial charge in [0.2, 0.25) is 0 Å². The van der Waals surface area contributed by atoms with Crippen LogP contribution >= 0.6 is 0 Å². The van der Waals surface area contributed by atoms with Gasteiger partial charge in [-0.1, -0.05) is 133 Å². The highest BCUT2D eigenvalue weighted by Gasteiger charge is 2.40. The molecule has 0 aromatic heterocycles. The summed E-state index contributed by atoms with van der Waals surface area (Å²) < 4.78 is 44.9. The molecule has 0 spiro atoms. The fraction of sp³-hybridized carbons (Fsp3) is 0.267. The monoisotopic (exact) mass is 714 g/mol. The van der Waals surface area contributed by atoms with Crippen LogP contribution in [0.15, 0.2) is 146 Å². The highest BCUT2D eigenvalue weighted by Crippen LogP contribution is 2.26. The van der Waals surface area contributed by atoms with Crippen LogP contribution in [0.2, 0.25) is 0 Å². The van der Waals surface area contributed by atoms with Crippen LogP contribution in [0.1, 0.15) is 38.2 Å². The van der Waals surface area contributed by atoms with Crippen LogP contribution in [0.25, 0.3) is 6.08 Å². The van der Waals surface area contributed by atoms with Crippen molar-refractivity contribution in [3.05, 3.63) is 179 Å². The molecule has 8 heteroatoms. The Bertz CT molecular complexity index is 1830. The Morgan fingerprint density at radius 1 is 0.566 bits per heavy atom. The fourth-order valence-electron chi connectivity index (χ4n) is 6.05. The fourth-order valence-corrected chi connectivity index (χ4v) is 6.05. The van der Waals surface area contributed by atoms with Crippen molar-refractivity contribution in [1.29, 1.82) is 0 Å². The third-order valence-corrected chi connectivity index (χ3v) is 8.89. The molecule has 274 valence electrons. The molecule has 1 heterocycles. The summed E-state index contributed by atoms with van der Waals surface area (Å²) in [7, 11) is 1.59. The van der Waals surface area contributed by atoms with E-state index in [1.165, 1.54) is 0 Å². The van der Waals surface area contributed by atoms with E-state index in [1.807, 2.05) is 133 Å². The number of carbonyl (C=O) groups excluding carboxylic acids is 1. The maximum atomic E-state index is 13.8. The van der Waals surface area contributed by atoms with Crippen LogP contribution in [0.5, 0.6) is 5.75 Å². The van der Waals surface area contributed by atoms with Crippen LogP contribution in [0.4, 0.5) is 0 Å². The summed E-state index contributed by atoms with van der Waals surface area (Å²) in [5.41, 5.74) is 4.97. The van der Waals surface area contributed by atoms with Crippen LogP contribution in [0.3, 0.4) is 0 Å². The van der Waals surface area contributed by atoms with E-state index in [0.717, 1.165) is 22.3 Å². The van der Waals surface area contributed by atoms with Gasteiger partial charge in [0.15, 0.2) is 0 Å². The molecule has 0 fully saturated rings. The number of benzene rings is 5. The average molecular weight is 715 g/mol. The van der Waals surface area contributed by atoms with Crippen molar-refractivity contribution < 1.29 is 38.0 Å². The molecule has 0 bridgehead atoms. The Hall–Kier alpha value is -5.09. The van der Waals surface area contributed by atoms with Crippen molar-refractivity contribution in [3.63, 3.8) is 0 Å². The summed E-state index contributed by atoms with van der Waals surface area (Å²) in [6.45, 7) is 1.44. The number of carbonyl (C=O) groups is 1. The van der Waals surface area contributed by atoms with Gasteiger partial charge < -0.3 is 33.2 Å². The molecule has 0 radical (unpaired) electrons. The molecule has 0 aliphatic carbocycles. The van der Waals surface area contributed by atoms with E-state index in [-0.39, 0.29) is 39.6 Å². The topological polar surface area (TPSA) is 81.7 Å². The Labute approximate surface area is 311 Å². The first kappa shape index (κ1) is 37.7. The van der Waals surface area contributed by atoms with Gasteiger partial charge in [0.25, 0.3) is 0 Å². The van der Waals surface area contributed by atoms with E-state index in [4.69, 9.17) is 33.2 Å². The van der Waals surface area contributed by atoms with Gasteiger partial charge >= 0.3 is 5.97 Å². The van der Waals surface area contributed by atoms with Gasteiger partial charge in [-0.25, -0.2) is 4.79 Å². The first-order valence-electron chi connectivity index (χ1n) is 17.9. The average Bonchev–Trinajstić information content (AvgIpc) is 3.21. The molecule has 5 aromatic rings. The molecule has 0 unspecified atom stereocenters. The van der Waals surface area contributed by atoms with Crippen LogP contribution in [0, 0.1) is 0 Å². The van der Waals surface area contributed by atoms with Gasteiger partial charge in [0, 0.05) is 0 Å². The second kappa shape index (κ2) is 20.2. The number of fused-ring (bicyclic) bond motifs is 1. The Morgan fingerprint density at radius 2 is 1.02 bits per heavy atom. The van der Waals surface area contributed by atoms with E-state index < -0.39 is 30.4 Å². The lowest BCUT2D eigenvalue weighted by molar-refractivity contribution is -0.204. The van der Waals surface area contributed by atoms with Crippen LogP contribution < -0.4 is 4.74 Å². The summed E-state index contributed by atoms with van der Waals surface area (Å²) in [5, 5.41) is 0. The lowest BCUT2D eigenvalue weighted by Gasteiger charge is -2.37. The van der Waals surface area contributed by atoms with Gasteiger partial charge in [0.1, 0.15) is 36.8 Å². The minimum Gasteiger partial charge on any atom is -0.497 e. The lowest BCUT2D eigenvalue weighted by Crippen LogP contribution is -2.52. The smallest absolute Gasteiger partial charge is 0.338 e. The zero-order chi connectivity index (χ0) is 36.5. The maximum Gasteiger partial charge on any atom is 0.338 e. The highest BCUT2D eigenvalue weighted by atomic mass is 16.6. The number of hydrogen-bond acceptors (Lipinski definition) is 8. The van der Waals surface area contributed by atoms with Crippen molar-refractivity contribution in [2.24, 2.45) is 0 Å². The zero-order valence-corrected chi connectivity index (χ0v) is 30.0. The van der Waals surface area contributed by atoms with Crippen molar-refractivity contribution >= 4 is 12.0 Å². The summed E-state index contributed by atoms with van der Waals surface area (Å²) in [5.74, 6) is 0.119. The third-order valence-electron chi connectivity index (χ3n) is 8.89. The second-order valence-corrected chi connectivity index (χ2v) is 12.7. The molecule has 1 aliphatic heterocycles. The molecule has 8 nitrogen and oxygen atoms in total. The predicted octanol–water partition coefficient (Wildman–Crippen LogP) is 8.24. The van der Waals surface area contributed by atoms with Gasteiger partial charge in [-0.3, -0.25) is 0 Å². The molecule has 0 saturated carbocycles. The minimum atomic E-state index is -0.772. The molecule has 0 amide bonds. The van der Waals surface area contributed by atoms with E-state index in [1.54, 1.807) is 25.3 Å². The summed E-state index contributed by atoms with van der Waals surface area (Å²) in [6.07, 6.45) is 0.830. The standard InChI is InChI=1S/C45H46O8/c1-47-39-24-25-40-38(27-39)23-14-26-48-32-41(49-28-34-15-6-2-7-16-34)43(51-30-36-19-10-4-11-20-36)44(52-31-37-21-12-5-13-22-37)42(33-53-45(40)46)50-29-35-17-8-3-9-18-35/h2-25,27,41-44H,26,28-33H2,1H3/b23-14+/t41-,42-,43-,44-/m1/s1. The summed E-state index contributed by atoms with van der Waals surface area (Å²) in [6, 6.07) is 45.0. The van der Waals surface area contributed by atoms with Crippen molar-refractivity contribution in [2.45, 2.75) is 50.8 Å². The Morgan fingerprint density at radius 3 is 1.49 bits per heavy atom. The first-order valence-corrected chi connectivity index (χ1v) is 17.9. The first-order chi connectivity index (χ1) is 26.2. The summed E-state index contributed by atoms with van der Waals surface area (Å²) >= 11 is 0. The van der Waals surface area contributed by atoms with E-state index in [2.05, 4.69) is 0 Å². The van der Waals surface area contributed by atoms with Gasteiger partial charge in [-0.2, -0.15) is 0 Å². The van der Waals surface area contributed by atoms with Gasteiger partial charge in [0.05, 0.1) is 52.3 Å².